The Hall–Kier alpha value is -3.49. The highest BCUT2D eigenvalue weighted by Gasteiger charge is 2.48. The van der Waals surface area contributed by atoms with E-state index in [4.69, 9.17) is 16.3 Å². The lowest BCUT2D eigenvalue weighted by Gasteiger charge is -2.23. The Balaban J connectivity index is 1.90. The predicted octanol–water partition coefficient (Wildman–Crippen LogP) is 5.22. The third kappa shape index (κ3) is 4.22. The number of ether oxygens (including phenoxy) is 1. The second kappa shape index (κ2) is 9.40. The zero-order valence-corrected chi connectivity index (χ0v) is 20.2. The summed E-state index contributed by atoms with van der Waals surface area (Å²) < 4.78 is 5.09. The molecule has 2 heterocycles. The fourth-order valence-corrected chi connectivity index (χ4v) is 4.84. The zero-order chi connectivity index (χ0) is 24.6. The number of carbonyl (C=O) groups excluding carboxylic acids is 3. The predicted molar refractivity (Wildman–Crippen MR) is 130 cm³/mol. The van der Waals surface area contributed by atoms with Gasteiger partial charge in [0, 0.05) is 10.6 Å². The summed E-state index contributed by atoms with van der Waals surface area (Å²) in [5.41, 5.74) is 2.28. The molecule has 1 aliphatic heterocycles. The van der Waals surface area contributed by atoms with E-state index in [1.54, 1.807) is 50.2 Å². The van der Waals surface area contributed by atoms with Crippen LogP contribution in [0.25, 0.3) is 5.76 Å². The summed E-state index contributed by atoms with van der Waals surface area (Å²) in [6.07, 6.45) is 0. The SMILES string of the molecule is CCOC(=O)c1sc(N2C(=O)C(=O)/C(=C(/O)c3ccc(Cl)cc3)[C@@H]2c2ccc(C)cc2)nc1C. The molecule has 1 atom stereocenters. The standard InChI is InChI=1S/C25H21ClN2O5S/c1-4-33-24(32)22-14(3)27-25(34-22)28-19(15-7-5-13(2)6-8-15)18(21(30)23(28)31)20(29)16-9-11-17(26)12-10-16/h5-12,19,29H,4H2,1-3H3/b20-18+/t19-/m0/s1. The van der Waals surface area contributed by atoms with Gasteiger partial charge in [0.1, 0.15) is 10.6 Å². The van der Waals surface area contributed by atoms with E-state index in [1.807, 2.05) is 19.1 Å². The Labute approximate surface area is 205 Å². The summed E-state index contributed by atoms with van der Waals surface area (Å²) in [6, 6.07) is 12.7. The number of carbonyl (C=O) groups is 3. The van der Waals surface area contributed by atoms with Gasteiger partial charge in [-0.3, -0.25) is 14.5 Å². The van der Waals surface area contributed by atoms with Crippen LogP contribution in [0.4, 0.5) is 5.13 Å². The number of anilines is 1. The van der Waals surface area contributed by atoms with Crippen LogP contribution in [-0.4, -0.2) is 34.4 Å². The van der Waals surface area contributed by atoms with Crippen molar-refractivity contribution in [1.29, 1.82) is 0 Å². The smallest absolute Gasteiger partial charge is 0.350 e. The van der Waals surface area contributed by atoms with Crippen LogP contribution in [0.15, 0.2) is 54.1 Å². The molecule has 0 radical (unpaired) electrons. The number of hydrogen-bond acceptors (Lipinski definition) is 7. The quantitative estimate of drug-likeness (QED) is 0.225. The van der Waals surface area contributed by atoms with E-state index in [9.17, 15) is 19.5 Å². The second-order valence-electron chi connectivity index (χ2n) is 7.72. The lowest BCUT2D eigenvalue weighted by molar-refractivity contribution is -0.132. The molecule has 0 aliphatic carbocycles. The molecule has 1 aromatic heterocycles. The van der Waals surface area contributed by atoms with Crippen molar-refractivity contribution in [2.75, 3.05) is 11.5 Å². The van der Waals surface area contributed by atoms with E-state index in [0.717, 1.165) is 16.9 Å². The summed E-state index contributed by atoms with van der Waals surface area (Å²) in [4.78, 5) is 44.6. The van der Waals surface area contributed by atoms with E-state index >= 15 is 0 Å². The Morgan fingerprint density at radius 2 is 1.76 bits per heavy atom. The van der Waals surface area contributed by atoms with Gasteiger partial charge in [0.2, 0.25) is 0 Å². The number of halogens is 1. The van der Waals surface area contributed by atoms with Crippen LogP contribution in [0.1, 0.15) is 45.0 Å². The average molecular weight is 497 g/mol. The number of thiazole rings is 1. The molecule has 1 fully saturated rings. The van der Waals surface area contributed by atoms with Gasteiger partial charge in [-0.1, -0.05) is 52.8 Å². The van der Waals surface area contributed by atoms with Gasteiger partial charge < -0.3 is 9.84 Å². The van der Waals surface area contributed by atoms with E-state index in [2.05, 4.69) is 4.98 Å². The Morgan fingerprint density at radius 1 is 1.12 bits per heavy atom. The maximum atomic E-state index is 13.2. The number of rotatable bonds is 5. The molecule has 1 aliphatic rings. The normalized spacial score (nSPS) is 17.3. The average Bonchev–Trinajstić information content (AvgIpc) is 3.31. The molecule has 4 rings (SSSR count). The molecular formula is C25H21ClN2O5S. The Kier molecular flexibility index (Phi) is 6.54. The van der Waals surface area contributed by atoms with E-state index < -0.39 is 23.7 Å². The number of Topliss-reactive ketones (excluding diaryl/α,β-unsaturated/α-hetero) is 1. The first-order chi connectivity index (χ1) is 16.2. The van der Waals surface area contributed by atoms with Crippen molar-refractivity contribution < 1.29 is 24.2 Å². The molecule has 0 unspecified atom stereocenters. The number of hydrogen-bond donors (Lipinski definition) is 1. The number of aliphatic hydroxyl groups excluding tert-OH is 1. The first kappa shape index (κ1) is 23.7. The number of aliphatic hydroxyl groups is 1. The van der Waals surface area contributed by atoms with Crippen LogP contribution >= 0.6 is 22.9 Å². The third-order valence-electron chi connectivity index (χ3n) is 5.41. The minimum Gasteiger partial charge on any atom is -0.507 e. The maximum Gasteiger partial charge on any atom is 0.350 e. The Morgan fingerprint density at radius 3 is 2.38 bits per heavy atom. The van der Waals surface area contributed by atoms with E-state index in [0.29, 0.717) is 21.8 Å². The molecule has 7 nitrogen and oxygen atoms in total. The number of benzene rings is 2. The van der Waals surface area contributed by atoms with Crippen LogP contribution in [0.5, 0.6) is 0 Å². The van der Waals surface area contributed by atoms with Gasteiger partial charge in [0.15, 0.2) is 5.13 Å². The molecular weight excluding hydrogens is 476 g/mol. The molecule has 2 aromatic carbocycles. The topological polar surface area (TPSA) is 96.8 Å². The van der Waals surface area contributed by atoms with Crippen molar-refractivity contribution in [3.05, 3.63) is 86.4 Å². The molecule has 3 aromatic rings. The van der Waals surface area contributed by atoms with E-state index in [-0.39, 0.29) is 27.9 Å². The summed E-state index contributed by atoms with van der Waals surface area (Å²) in [7, 11) is 0. The lowest BCUT2D eigenvalue weighted by Crippen LogP contribution is -2.29. The molecule has 1 amide bonds. The van der Waals surface area contributed by atoms with Gasteiger partial charge in [-0.15, -0.1) is 0 Å². The van der Waals surface area contributed by atoms with Gasteiger partial charge >= 0.3 is 11.9 Å². The summed E-state index contributed by atoms with van der Waals surface area (Å²) >= 11 is 6.93. The minimum atomic E-state index is -0.933. The number of aromatic nitrogens is 1. The highest BCUT2D eigenvalue weighted by Crippen LogP contribution is 2.44. The Bertz CT molecular complexity index is 1310. The van der Waals surface area contributed by atoms with Crippen molar-refractivity contribution >= 4 is 51.5 Å². The van der Waals surface area contributed by atoms with Crippen LogP contribution in [0.3, 0.4) is 0 Å². The monoisotopic (exact) mass is 496 g/mol. The molecule has 9 heteroatoms. The van der Waals surface area contributed by atoms with Gasteiger partial charge in [0.05, 0.1) is 23.9 Å². The highest BCUT2D eigenvalue weighted by molar-refractivity contribution is 7.17. The molecule has 1 saturated heterocycles. The number of ketones is 1. The van der Waals surface area contributed by atoms with Crippen molar-refractivity contribution in [1.82, 2.24) is 4.98 Å². The van der Waals surface area contributed by atoms with Gasteiger partial charge in [0.25, 0.3) is 5.78 Å². The van der Waals surface area contributed by atoms with Crippen molar-refractivity contribution in [3.63, 3.8) is 0 Å². The first-order valence-electron chi connectivity index (χ1n) is 10.5. The van der Waals surface area contributed by atoms with Gasteiger partial charge in [-0.2, -0.15) is 0 Å². The third-order valence-corrected chi connectivity index (χ3v) is 6.80. The van der Waals surface area contributed by atoms with Crippen molar-refractivity contribution in [2.45, 2.75) is 26.8 Å². The summed E-state index contributed by atoms with van der Waals surface area (Å²) in [5, 5.41) is 11.8. The molecule has 174 valence electrons. The number of esters is 1. The fourth-order valence-electron chi connectivity index (χ4n) is 3.73. The van der Waals surface area contributed by atoms with Crippen LogP contribution in [-0.2, 0) is 14.3 Å². The number of amides is 1. The largest absolute Gasteiger partial charge is 0.507 e. The molecule has 1 N–H and O–H groups in total. The molecule has 34 heavy (non-hydrogen) atoms. The summed E-state index contributed by atoms with van der Waals surface area (Å²) in [5.74, 6) is -2.55. The van der Waals surface area contributed by atoms with Crippen LogP contribution in [0.2, 0.25) is 5.02 Å². The zero-order valence-electron chi connectivity index (χ0n) is 18.7. The second-order valence-corrected chi connectivity index (χ2v) is 9.13. The van der Waals surface area contributed by atoms with Crippen LogP contribution < -0.4 is 4.90 Å². The summed E-state index contributed by atoms with van der Waals surface area (Å²) in [6.45, 7) is 5.45. The minimum absolute atomic E-state index is 0.0679. The van der Waals surface area contributed by atoms with Crippen molar-refractivity contribution in [2.24, 2.45) is 0 Å². The molecule has 0 spiro atoms. The number of nitrogens with zero attached hydrogens (tertiary/aromatic N) is 2. The molecule has 0 saturated carbocycles. The van der Waals surface area contributed by atoms with Crippen molar-refractivity contribution in [3.8, 4) is 0 Å². The highest BCUT2D eigenvalue weighted by atomic mass is 35.5. The maximum absolute atomic E-state index is 13.2. The van der Waals surface area contributed by atoms with Crippen LogP contribution in [0, 0.1) is 13.8 Å². The molecule has 0 bridgehead atoms. The number of aryl methyl sites for hydroxylation is 2. The first-order valence-corrected chi connectivity index (χ1v) is 11.7. The van der Waals surface area contributed by atoms with E-state index in [1.165, 1.54) is 4.90 Å². The van der Waals surface area contributed by atoms with Gasteiger partial charge in [-0.05, 0) is 50.6 Å². The fraction of sp³-hybridized carbons (Fsp3) is 0.200. The van der Waals surface area contributed by atoms with Gasteiger partial charge in [-0.25, -0.2) is 9.78 Å². The lowest BCUT2D eigenvalue weighted by atomic mass is 9.95.